The Bertz CT molecular complexity index is 1560. The zero-order valence-corrected chi connectivity index (χ0v) is 22.8. The summed E-state index contributed by atoms with van der Waals surface area (Å²) < 4.78 is 1.55. The number of benzene rings is 2. The highest BCUT2D eigenvalue weighted by Crippen LogP contribution is 2.50. The monoisotopic (exact) mass is 566 g/mol. The van der Waals surface area contributed by atoms with E-state index in [1.165, 1.54) is 0 Å². The van der Waals surface area contributed by atoms with Crippen molar-refractivity contribution in [2.24, 2.45) is 12.8 Å². The van der Waals surface area contributed by atoms with Crippen LogP contribution >= 0.6 is 12.4 Å². The molecule has 210 valence electrons. The fraction of sp³-hybridized carbons (Fsp3) is 0.357. The number of carboxylic acids is 1. The molecular weight excluding hydrogens is 536 g/mol. The minimum Gasteiger partial charge on any atom is -0.480 e. The second-order valence-electron chi connectivity index (χ2n) is 10.3. The van der Waals surface area contributed by atoms with Gasteiger partial charge in [0.1, 0.15) is 24.1 Å². The second kappa shape index (κ2) is 11.1. The molecule has 0 bridgehead atoms. The number of aryl methyl sites for hydroxylation is 1. The number of carbonyl (C=O) groups excluding carboxylic acids is 2. The van der Waals surface area contributed by atoms with Crippen molar-refractivity contribution in [1.82, 2.24) is 19.8 Å². The van der Waals surface area contributed by atoms with Crippen LogP contribution in [0.2, 0.25) is 0 Å². The molecule has 1 atom stereocenters. The van der Waals surface area contributed by atoms with Crippen LogP contribution in [0.15, 0.2) is 47.3 Å². The minimum atomic E-state index is -1.14. The molecule has 1 aliphatic heterocycles. The minimum absolute atomic E-state index is 0. The summed E-state index contributed by atoms with van der Waals surface area (Å²) in [5, 5.41) is 18.8. The van der Waals surface area contributed by atoms with Crippen LogP contribution in [0.1, 0.15) is 48.1 Å². The van der Waals surface area contributed by atoms with Crippen LogP contribution in [-0.2, 0) is 33.3 Å². The van der Waals surface area contributed by atoms with Gasteiger partial charge in [0.15, 0.2) is 0 Å². The average molecular weight is 567 g/mol. The molecule has 2 heterocycles. The van der Waals surface area contributed by atoms with E-state index in [2.05, 4.69) is 10.3 Å². The summed E-state index contributed by atoms with van der Waals surface area (Å²) in [4.78, 5) is 56.5. The third-order valence-electron chi connectivity index (χ3n) is 7.72. The topological polar surface area (TPSA) is 171 Å². The summed E-state index contributed by atoms with van der Waals surface area (Å²) in [5.41, 5.74) is 8.42. The number of aliphatic carboxylic acids is 1. The first-order chi connectivity index (χ1) is 18.6. The van der Waals surface area contributed by atoms with Gasteiger partial charge in [-0.3, -0.25) is 24.6 Å². The molecule has 11 nitrogen and oxygen atoms in total. The molecule has 3 aromatic rings. The van der Waals surface area contributed by atoms with Gasteiger partial charge in [0.25, 0.3) is 5.56 Å². The highest BCUT2D eigenvalue weighted by Gasteiger charge is 2.55. The lowest BCUT2D eigenvalue weighted by molar-refractivity contribution is -0.142. The number of rotatable bonds is 8. The van der Waals surface area contributed by atoms with E-state index in [0.29, 0.717) is 60.9 Å². The Hall–Kier alpha value is -4.25. The number of halogens is 1. The normalized spacial score (nSPS) is 17.2. The SMILES string of the molecule is Cl.Cn1c(=O)c(Cc2ccc(C(=N)N)cc2)nc2cc(C3(C(=O)N4CCCC4C(=O)NCC(=O)O)CC3)ccc21. The summed E-state index contributed by atoms with van der Waals surface area (Å²) in [5.74, 6) is -1.75. The van der Waals surface area contributed by atoms with Crippen molar-refractivity contribution in [2.45, 2.75) is 43.6 Å². The highest BCUT2D eigenvalue weighted by molar-refractivity contribution is 5.97. The van der Waals surface area contributed by atoms with Crippen molar-refractivity contribution >= 4 is 47.1 Å². The Labute approximate surface area is 236 Å². The van der Waals surface area contributed by atoms with Crippen molar-refractivity contribution in [2.75, 3.05) is 13.1 Å². The lowest BCUT2D eigenvalue weighted by atomic mass is 9.93. The summed E-state index contributed by atoms with van der Waals surface area (Å²) in [6, 6.07) is 11.9. The Morgan fingerprint density at radius 1 is 1.18 bits per heavy atom. The summed E-state index contributed by atoms with van der Waals surface area (Å²) in [6.45, 7) is -0.0422. The molecule has 40 heavy (non-hydrogen) atoms. The largest absolute Gasteiger partial charge is 0.480 e. The maximum absolute atomic E-state index is 13.8. The molecule has 2 aliphatic rings. The van der Waals surface area contributed by atoms with Crippen molar-refractivity contribution in [3.05, 3.63) is 75.2 Å². The van der Waals surface area contributed by atoms with Crippen LogP contribution in [0.25, 0.3) is 11.0 Å². The van der Waals surface area contributed by atoms with Gasteiger partial charge in [-0.2, -0.15) is 0 Å². The van der Waals surface area contributed by atoms with Crippen molar-refractivity contribution < 1.29 is 19.5 Å². The molecule has 1 saturated carbocycles. The van der Waals surface area contributed by atoms with Gasteiger partial charge >= 0.3 is 5.97 Å². The fourth-order valence-electron chi connectivity index (χ4n) is 5.39. The number of aromatic nitrogens is 2. The lowest BCUT2D eigenvalue weighted by Crippen LogP contribution is -2.50. The van der Waals surface area contributed by atoms with E-state index in [-0.39, 0.29) is 29.7 Å². The van der Waals surface area contributed by atoms with Crippen molar-refractivity contribution in [1.29, 1.82) is 5.41 Å². The van der Waals surface area contributed by atoms with Crippen LogP contribution in [0.5, 0.6) is 0 Å². The molecular formula is C28H31ClN6O5. The Kier molecular flexibility index (Phi) is 7.97. The number of carboxylic acid groups (broad SMARTS) is 1. The van der Waals surface area contributed by atoms with Gasteiger partial charge in [-0.15, -0.1) is 12.4 Å². The average Bonchev–Trinajstić information content (AvgIpc) is 3.59. The molecule has 1 aromatic heterocycles. The predicted octanol–water partition coefficient (Wildman–Crippen LogP) is 1.45. The molecule has 2 aromatic carbocycles. The van der Waals surface area contributed by atoms with Gasteiger partial charge in [0.2, 0.25) is 11.8 Å². The Morgan fingerprint density at radius 3 is 2.50 bits per heavy atom. The Morgan fingerprint density at radius 2 is 1.88 bits per heavy atom. The zero-order valence-electron chi connectivity index (χ0n) is 22.0. The van der Waals surface area contributed by atoms with E-state index < -0.39 is 29.9 Å². The predicted molar refractivity (Wildman–Crippen MR) is 151 cm³/mol. The van der Waals surface area contributed by atoms with Gasteiger partial charge in [-0.25, -0.2) is 4.98 Å². The molecule has 2 amide bonds. The van der Waals surface area contributed by atoms with Crippen molar-refractivity contribution in [3.63, 3.8) is 0 Å². The molecule has 1 unspecified atom stereocenters. The van der Waals surface area contributed by atoms with Crippen molar-refractivity contribution in [3.8, 4) is 0 Å². The van der Waals surface area contributed by atoms with Crippen LogP contribution < -0.4 is 16.6 Å². The highest BCUT2D eigenvalue weighted by atomic mass is 35.5. The summed E-state index contributed by atoms with van der Waals surface area (Å²) >= 11 is 0. The summed E-state index contributed by atoms with van der Waals surface area (Å²) in [6.07, 6.45) is 2.74. The van der Waals surface area contributed by atoms with Crippen LogP contribution in [0.4, 0.5) is 0 Å². The summed E-state index contributed by atoms with van der Waals surface area (Å²) in [7, 11) is 1.69. The molecule has 12 heteroatoms. The molecule has 0 radical (unpaired) electrons. The first-order valence-electron chi connectivity index (χ1n) is 12.8. The number of nitrogen functional groups attached to an aromatic ring is 1. The first-order valence-corrected chi connectivity index (χ1v) is 12.8. The quantitative estimate of drug-likeness (QED) is 0.236. The maximum Gasteiger partial charge on any atom is 0.322 e. The van der Waals surface area contributed by atoms with Gasteiger partial charge in [0, 0.05) is 25.6 Å². The smallest absolute Gasteiger partial charge is 0.322 e. The zero-order chi connectivity index (χ0) is 27.9. The maximum atomic E-state index is 13.8. The number of amidine groups is 1. The number of nitrogens with two attached hydrogens (primary N) is 1. The van der Waals surface area contributed by atoms with Gasteiger partial charge in [-0.1, -0.05) is 30.3 Å². The van der Waals surface area contributed by atoms with Gasteiger partial charge < -0.3 is 25.6 Å². The third kappa shape index (κ3) is 5.29. The van der Waals surface area contributed by atoms with Gasteiger partial charge in [-0.05, 0) is 48.9 Å². The number of likely N-dealkylation sites (tertiary alicyclic amines) is 1. The van der Waals surface area contributed by atoms with E-state index in [9.17, 15) is 19.2 Å². The first kappa shape index (κ1) is 28.8. The van der Waals surface area contributed by atoms with Crippen LogP contribution in [0.3, 0.4) is 0 Å². The van der Waals surface area contributed by atoms with E-state index in [4.69, 9.17) is 16.2 Å². The molecule has 1 aliphatic carbocycles. The molecule has 1 saturated heterocycles. The molecule has 2 fully saturated rings. The number of carbonyl (C=O) groups is 3. The van der Waals surface area contributed by atoms with E-state index in [1.54, 1.807) is 34.7 Å². The third-order valence-corrected chi connectivity index (χ3v) is 7.72. The number of hydrogen-bond acceptors (Lipinski definition) is 6. The van der Waals surface area contributed by atoms with E-state index in [1.807, 2.05) is 24.3 Å². The molecule has 0 spiro atoms. The fourth-order valence-corrected chi connectivity index (χ4v) is 5.39. The van der Waals surface area contributed by atoms with E-state index >= 15 is 0 Å². The number of nitrogens with one attached hydrogen (secondary N) is 2. The van der Waals surface area contributed by atoms with E-state index in [0.717, 1.165) is 11.1 Å². The van der Waals surface area contributed by atoms with Crippen LogP contribution in [0, 0.1) is 5.41 Å². The standard InChI is InChI=1S/C28H30N6O5.ClH/c1-33-21-9-8-18(14-19(21)32-20(26(33)38)13-16-4-6-17(7-5-16)24(29)30)28(10-11-28)27(39)34-12-2-3-22(34)25(37)31-15-23(35)36;/h4-9,14,22H,2-3,10-13,15H2,1H3,(H3,29,30)(H,31,37)(H,35,36);1H. The number of hydrogen-bond donors (Lipinski definition) is 4. The number of amides is 2. The van der Waals surface area contributed by atoms with Gasteiger partial charge in [0.05, 0.1) is 16.4 Å². The number of fused-ring (bicyclic) bond motifs is 1. The molecule has 5 rings (SSSR count). The lowest BCUT2D eigenvalue weighted by Gasteiger charge is -2.28. The Balaban J connectivity index is 0.00000370. The van der Waals surface area contributed by atoms with Crippen LogP contribution in [-0.4, -0.2) is 62.3 Å². The molecule has 5 N–H and O–H groups in total. The number of nitrogens with zero attached hydrogens (tertiary/aromatic N) is 3. The second-order valence-corrected chi connectivity index (χ2v) is 10.3.